The molecule has 8 nitrogen and oxygen atoms in total. The van der Waals surface area contributed by atoms with Crippen molar-refractivity contribution in [2.75, 3.05) is 38.6 Å². The van der Waals surface area contributed by atoms with Gasteiger partial charge >= 0.3 is 5.97 Å². The number of hydrogen-bond donors (Lipinski definition) is 1. The van der Waals surface area contributed by atoms with Crippen LogP contribution in [-0.2, 0) is 20.9 Å². The maximum absolute atomic E-state index is 13.1. The molecule has 0 aliphatic carbocycles. The molecule has 1 saturated heterocycles. The number of fused-ring (bicyclic) bond motifs is 1. The third-order valence-electron chi connectivity index (χ3n) is 5.69. The van der Waals surface area contributed by atoms with E-state index in [9.17, 15) is 18.8 Å². The van der Waals surface area contributed by atoms with E-state index in [-0.39, 0.29) is 10.7 Å². The highest BCUT2D eigenvalue weighted by Gasteiger charge is 2.22. The van der Waals surface area contributed by atoms with Crippen molar-refractivity contribution in [2.45, 2.75) is 13.0 Å². The van der Waals surface area contributed by atoms with Crippen molar-refractivity contribution in [3.05, 3.63) is 64.4 Å². The lowest BCUT2D eigenvalue weighted by atomic mass is 10.2. The fourth-order valence-electron chi connectivity index (χ4n) is 3.86. The summed E-state index contributed by atoms with van der Waals surface area (Å²) in [5.41, 5.74) is 1.85. The summed E-state index contributed by atoms with van der Waals surface area (Å²) in [7, 11) is 1.29. The van der Waals surface area contributed by atoms with Gasteiger partial charge in [0.25, 0.3) is 0 Å². The molecule has 0 radical (unpaired) electrons. The molecule has 35 heavy (non-hydrogen) atoms. The van der Waals surface area contributed by atoms with E-state index in [4.69, 9.17) is 9.72 Å². The highest BCUT2D eigenvalue weighted by molar-refractivity contribution is 7.21. The van der Waals surface area contributed by atoms with E-state index in [0.717, 1.165) is 49.5 Å². The van der Waals surface area contributed by atoms with Gasteiger partial charge in [0.15, 0.2) is 0 Å². The Hall–Kier alpha value is -3.63. The summed E-state index contributed by atoms with van der Waals surface area (Å²) < 4.78 is 18.0. The van der Waals surface area contributed by atoms with Crippen LogP contribution in [0, 0.1) is 5.82 Å². The van der Waals surface area contributed by atoms with Crippen molar-refractivity contribution < 1.29 is 23.5 Å². The number of thiophene rings is 1. The first kappa shape index (κ1) is 24.5. The molecular formula is C25H25FN4O4S. The van der Waals surface area contributed by atoms with Crippen molar-refractivity contribution in [3.8, 4) is 0 Å². The van der Waals surface area contributed by atoms with Gasteiger partial charge in [0, 0.05) is 44.2 Å². The predicted molar refractivity (Wildman–Crippen MR) is 133 cm³/mol. The number of nitrogens with zero attached hydrogens (tertiary/aromatic N) is 3. The number of rotatable bonds is 7. The lowest BCUT2D eigenvalue weighted by Gasteiger charge is -2.19. The standard InChI is InChI=1S/C25H25FN4O4S/c1-34-25(33)23-22(28-21(32)10-5-17-3-6-18(26)7-4-17)20-9-8-19(27-24(20)35-23)15-29-11-2-12-30(16-31)14-13-29/h3-10,16H,2,11-15H2,1H3,(H,28,32)/b10-5+. The zero-order valence-electron chi connectivity index (χ0n) is 19.2. The van der Waals surface area contributed by atoms with Crippen LogP contribution < -0.4 is 5.32 Å². The summed E-state index contributed by atoms with van der Waals surface area (Å²) in [6, 6.07) is 9.47. The van der Waals surface area contributed by atoms with E-state index in [2.05, 4.69) is 10.2 Å². The molecule has 182 valence electrons. The Bertz CT molecular complexity index is 1260. The second-order valence-corrected chi connectivity index (χ2v) is 9.10. The number of nitrogens with one attached hydrogen (secondary N) is 1. The lowest BCUT2D eigenvalue weighted by molar-refractivity contribution is -0.118. The maximum Gasteiger partial charge on any atom is 0.350 e. The summed E-state index contributed by atoms with van der Waals surface area (Å²) in [4.78, 5) is 45.7. The number of benzene rings is 1. The van der Waals surface area contributed by atoms with Gasteiger partial charge in [-0.15, -0.1) is 11.3 Å². The minimum atomic E-state index is -0.561. The predicted octanol–water partition coefficient (Wildman–Crippen LogP) is 3.54. The number of ether oxygens (including phenoxy) is 1. The average molecular weight is 497 g/mol. The van der Waals surface area contributed by atoms with E-state index >= 15 is 0 Å². The Morgan fingerprint density at radius 3 is 2.69 bits per heavy atom. The molecule has 2 aromatic heterocycles. The SMILES string of the molecule is COC(=O)c1sc2nc(CN3CCCN(C=O)CC3)ccc2c1NC(=O)/C=C/c1ccc(F)cc1. The number of carbonyl (C=O) groups excluding carboxylic acids is 3. The van der Waals surface area contributed by atoms with Crippen LogP contribution in [0.15, 0.2) is 42.5 Å². The Morgan fingerprint density at radius 2 is 1.94 bits per heavy atom. The number of halogens is 1. The molecule has 4 rings (SSSR count). The minimum absolute atomic E-state index is 0.257. The molecule has 3 aromatic rings. The van der Waals surface area contributed by atoms with Crippen molar-refractivity contribution in [3.63, 3.8) is 0 Å². The van der Waals surface area contributed by atoms with Gasteiger partial charge in [-0.05, 0) is 42.3 Å². The molecular weight excluding hydrogens is 471 g/mol. The molecule has 0 spiro atoms. The monoisotopic (exact) mass is 496 g/mol. The second kappa shape index (κ2) is 11.2. The van der Waals surface area contributed by atoms with Crippen molar-refractivity contribution in [2.24, 2.45) is 0 Å². The van der Waals surface area contributed by atoms with Gasteiger partial charge in [0.2, 0.25) is 12.3 Å². The van der Waals surface area contributed by atoms with E-state index in [0.29, 0.717) is 34.6 Å². The molecule has 0 bridgehead atoms. The zero-order chi connectivity index (χ0) is 24.8. The highest BCUT2D eigenvalue weighted by Crippen LogP contribution is 2.35. The van der Waals surface area contributed by atoms with Crippen LogP contribution in [0.25, 0.3) is 16.3 Å². The van der Waals surface area contributed by atoms with Crippen LogP contribution in [0.3, 0.4) is 0 Å². The topological polar surface area (TPSA) is 91.8 Å². The van der Waals surface area contributed by atoms with Crippen LogP contribution in [0.4, 0.5) is 10.1 Å². The number of hydrogen-bond acceptors (Lipinski definition) is 7. The first-order valence-corrected chi connectivity index (χ1v) is 12.0. The van der Waals surface area contributed by atoms with Gasteiger partial charge in [0.1, 0.15) is 15.5 Å². The zero-order valence-corrected chi connectivity index (χ0v) is 20.0. The number of amides is 2. The Morgan fingerprint density at radius 1 is 1.14 bits per heavy atom. The van der Waals surface area contributed by atoms with E-state index in [1.165, 1.54) is 25.3 Å². The summed E-state index contributed by atoms with van der Waals surface area (Å²) in [5.74, 6) is -1.36. The average Bonchev–Trinajstić information content (AvgIpc) is 3.05. The summed E-state index contributed by atoms with van der Waals surface area (Å²) in [6.45, 7) is 3.68. The van der Waals surface area contributed by atoms with Crippen LogP contribution >= 0.6 is 11.3 Å². The third kappa shape index (κ3) is 6.09. The fourth-order valence-corrected chi connectivity index (χ4v) is 4.93. The molecule has 0 saturated carbocycles. The quantitative estimate of drug-likeness (QED) is 0.306. The van der Waals surface area contributed by atoms with Crippen LogP contribution in [0.2, 0.25) is 0 Å². The number of aromatic nitrogens is 1. The van der Waals surface area contributed by atoms with Crippen molar-refractivity contribution in [1.82, 2.24) is 14.8 Å². The maximum atomic E-state index is 13.1. The number of methoxy groups -OCH3 is 1. The highest BCUT2D eigenvalue weighted by atomic mass is 32.1. The molecule has 1 fully saturated rings. The summed E-state index contributed by atoms with van der Waals surface area (Å²) in [6.07, 6.45) is 4.67. The van der Waals surface area contributed by atoms with Gasteiger partial charge in [-0.25, -0.2) is 14.2 Å². The van der Waals surface area contributed by atoms with Gasteiger partial charge in [-0.1, -0.05) is 12.1 Å². The molecule has 3 heterocycles. The molecule has 1 N–H and O–H groups in total. The fraction of sp³-hybridized carbons (Fsp3) is 0.280. The van der Waals surface area contributed by atoms with Crippen LogP contribution in [0.5, 0.6) is 0 Å². The van der Waals surface area contributed by atoms with Gasteiger partial charge in [-0.2, -0.15) is 0 Å². The molecule has 10 heteroatoms. The Balaban J connectivity index is 1.54. The van der Waals surface area contributed by atoms with Gasteiger partial charge in [-0.3, -0.25) is 14.5 Å². The molecule has 0 unspecified atom stereocenters. The van der Waals surface area contributed by atoms with Crippen LogP contribution in [-0.4, -0.2) is 66.4 Å². The van der Waals surface area contributed by atoms with E-state index < -0.39 is 11.9 Å². The molecule has 1 aliphatic heterocycles. The summed E-state index contributed by atoms with van der Waals surface area (Å²) >= 11 is 1.16. The van der Waals surface area contributed by atoms with E-state index in [1.807, 2.05) is 12.1 Å². The molecule has 0 atom stereocenters. The number of anilines is 1. The van der Waals surface area contributed by atoms with E-state index in [1.54, 1.807) is 23.1 Å². The number of esters is 1. The van der Waals surface area contributed by atoms with Gasteiger partial charge < -0.3 is 15.0 Å². The third-order valence-corrected chi connectivity index (χ3v) is 6.77. The first-order chi connectivity index (χ1) is 17.0. The van der Waals surface area contributed by atoms with Crippen molar-refractivity contribution in [1.29, 1.82) is 0 Å². The second-order valence-electron chi connectivity index (χ2n) is 8.10. The normalized spacial score (nSPS) is 14.7. The molecule has 1 aliphatic rings. The Labute approximate surface area is 206 Å². The minimum Gasteiger partial charge on any atom is -0.465 e. The summed E-state index contributed by atoms with van der Waals surface area (Å²) in [5, 5.41) is 3.42. The number of carbonyl (C=O) groups is 3. The molecule has 1 aromatic carbocycles. The van der Waals surface area contributed by atoms with Crippen LogP contribution in [0.1, 0.15) is 27.3 Å². The van der Waals surface area contributed by atoms with Crippen molar-refractivity contribution >= 4 is 51.6 Å². The first-order valence-electron chi connectivity index (χ1n) is 11.1. The largest absolute Gasteiger partial charge is 0.465 e. The lowest BCUT2D eigenvalue weighted by Crippen LogP contribution is -2.29. The Kier molecular flexibility index (Phi) is 7.84. The smallest absolute Gasteiger partial charge is 0.350 e. The number of pyridine rings is 1. The molecule has 2 amide bonds. The van der Waals surface area contributed by atoms with Gasteiger partial charge in [0.05, 0.1) is 18.5 Å².